The fraction of sp³-hybridized carbons (Fsp3) is 0.750. The highest BCUT2D eigenvalue weighted by Gasteiger charge is 2.41. The molecule has 1 atom stereocenters. The number of likely N-dealkylation sites (tertiary alicyclic amines) is 1. The third kappa shape index (κ3) is 4.99. The molecule has 9 heteroatoms. The maximum Gasteiger partial charge on any atom is 0.273 e. The van der Waals surface area contributed by atoms with Crippen molar-refractivity contribution in [1.29, 1.82) is 0 Å². The molecular formula is C16H25N3O4S2. The highest BCUT2D eigenvalue weighted by Crippen LogP contribution is 2.38. The monoisotopic (exact) mass is 387 g/mol. The van der Waals surface area contributed by atoms with E-state index in [-0.39, 0.29) is 11.5 Å². The van der Waals surface area contributed by atoms with Gasteiger partial charge in [0.15, 0.2) is 0 Å². The molecule has 1 N–H and O–H groups in total. The van der Waals surface area contributed by atoms with Crippen LogP contribution in [0, 0.1) is 5.92 Å². The van der Waals surface area contributed by atoms with Gasteiger partial charge in [0.05, 0.1) is 17.4 Å². The maximum atomic E-state index is 12.4. The van der Waals surface area contributed by atoms with Crippen molar-refractivity contribution in [2.24, 2.45) is 5.92 Å². The summed E-state index contributed by atoms with van der Waals surface area (Å²) in [4.78, 5) is 18.4. The summed E-state index contributed by atoms with van der Waals surface area (Å²) in [6.45, 7) is 2.56. The average Bonchev–Trinajstić information content (AvgIpc) is 3.08. The van der Waals surface area contributed by atoms with Gasteiger partial charge >= 0.3 is 0 Å². The van der Waals surface area contributed by atoms with Crippen LogP contribution in [0.1, 0.15) is 42.6 Å². The van der Waals surface area contributed by atoms with E-state index in [9.17, 15) is 13.2 Å². The van der Waals surface area contributed by atoms with E-state index in [1.165, 1.54) is 17.6 Å². The number of rotatable bonds is 5. The van der Waals surface area contributed by atoms with E-state index in [1.54, 1.807) is 10.9 Å². The van der Waals surface area contributed by atoms with Gasteiger partial charge in [0.2, 0.25) is 10.0 Å². The fourth-order valence-corrected chi connectivity index (χ4v) is 4.78. The summed E-state index contributed by atoms with van der Waals surface area (Å²) in [6.07, 6.45) is 5.59. The third-order valence-electron chi connectivity index (χ3n) is 5.13. The quantitative estimate of drug-likeness (QED) is 0.827. The van der Waals surface area contributed by atoms with Crippen LogP contribution in [0.5, 0.6) is 0 Å². The van der Waals surface area contributed by atoms with Gasteiger partial charge in [0, 0.05) is 31.6 Å². The van der Waals surface area contributed by atoms with Crippen LogP contribution in [-0.2, 0) is 14.8 Å². The number of aromatic nitrogens is 1. The summed E-state index contributed by atoms with van der Waals surface area (Å²) >= 11 is 1.43. The minimum Gasteiger partial charge on any atom is -0.375 e. The lowest BCUT2D eigenvalue weighted by atomic mass is 9.78. The second kappa shape index (κ2) is 7.69. The number of nitrogens with one attached hydrogen (secondary N) is 1. The Morgan fingerprint density at radius 2 is 2.24 bits per heavy atom. The Labute approximate surface area is 152 Å². The van der Waals surface area contributed by atoms with E-state index < -0.39 is 10.0 Å². The summed E-state index contributed by atoms with van der Waals surface area (Å²) < 4.78 is 31.1. The molecule has 1 unspecified atom stereocenters. The van der Waals surface area contributed by atoms with Crippen molar-refractivity contribution in [2.45, 2.75) is 37.7 Å². The number of hydrogen-bond donors (Lipinski definition) is 1. The minimum atomic E-state index is -3.13. The second-order valence-electron chi connectivity index (χ2n) is 7.01. The predicted molar refractivity (Wildman–Crippen MR) is 96.1 cm³/mol. The number of amides is 1. The fourth-order valence-electron chi connectivity index (χ4n) is 3.77. The van der Waals surface area contributed by atoms with E-state index in [2.05, 4.69) is 9.71 Å². The van der Waals surface area contributed by atoms with Crippen molar-refractivity contribution in [3.05, 3.63) is 16.6 Å². The Morgan fingerprint density at radius 1 is 1.48 bits per heavy atom. The smallest absolute Gasteiger partial charge is 0.273 e. The molecule has 3 heterocycles. The number of carbonyl (C=O) groups is 1. The molecular weight excluding hydrogens is 362 g/mol. The minimum absolute atomic E-state index is 0.000752. The van der Waals surface area contributed by atoms with Crippen LogP contribution in [-0.4, -0.2) is 62.3 Å². The van der Waals surface area contributed by atoms with Gasteiger partial charge in [-0.2, -0.15) is 0 Å². The van der Waals surface area contributed by atoms with Crippen LogP contribution < -0.4 is 4.72 Å². The normalized spacial score (nSPS) is 23.7. The second-order valence-corrected chi connectivity index (χ2v) is 9.56. The molecule has 1 spiro atoms. The molecule has 7 nitrogen and oxygen atoms in total. The Hall–Kier alpha value is -1.03. The molecule has 1 aromatic heterocycles. The molecule has 2 aliphatic rings. The summed E-state index contributed by atoms with van der Waals surface area (Å²) in [5.41, 5.74) is 2.04. The Morgan fingerprint density at radius 3 is 2.88 bits per heavy atom. The molecule has 0 radical (unpaired) electrons. The lowest BCUT2D eigenvalue weighted by Crippen LogP contribution is -2.51. The Kier molecular flexibility index (Phi) is 5.77. The highest BCUT2D eigenvalue weighted by atomic mass is 32.2. The first kappa shape index (κ1) is 18.8. The number of nitrogens with zero attached hydrogens (tertiary/aromatic N) is 2. The zero-order valence-corrected chi connectivity index (χ0v) is 16.1. The number of sulfonamides is 1. The van der Waals surface area contributed by atoms with E-state index in [0.29, 0.717) is 37.9 Å². The predicted octanol–water partition coefficient (Wildman–Crippen LogP) is 1.48. The number of thiazole rings is 1. The average molecular weight is 388 g/mol. The van der Waals surface area contributed by atoms with E-state index >= 15 is 0 Å². The first-order valence-electron chi connectivity index (χ1n) is 8.63. The van der Waals surface area contributed by atoms with Crippen LogP contribution in [0.25, 0.3) is 0 Å². The van der Waals surface area contributed by atoms with Crippen molar-refractivity contribution in [2.75, 3.05) is 32.5 Å². The summed E-state index contributed by atoms with van der Waals surface area (Å²) in [5, 5.41) is 1.79. The Balaban J connectivity index is 1.51. The first-order valence-corrected chi connectivity index (χ1v) is 11.5. The van der Waals surface area contributed by atoms with Gasteiger partial charge in [-0.3, -0.25) is 4.79 Å². The zero-order valence-electron chi connectivity index (χ0n) is 14.4. The maximum absolute atomic E-state index is 12.4. The van der Waals surface area contributed by atoms with E-state index in [1.807, 2.05) is 4.90 Å². The summed E-state index contributed by atoms with van der Waals surface area (Å²) in [7, 11) is -3.13. The van der Waals surface area contributed by atoms with Gasteiger partial charge in [0.1, 0.15) is 5.69 Å². The van der Waals surface area contributed by atoms with Crippen LogP contribution >= 0.6 is 11.3 Å². The molecule has 2 aliphatic heterocycles. The number of ether oxygens (including phenoxy) is 1. The lowest BCUT2D eigenvalue weighted by Gasteiger charge is -2.46. The third-order valence-corrected chi connectivity index (χ3v) is 6.44. The summed E-state index contributed by atoms with van der Waals surface area (Å²) in [5.74, 6) is 0.463. The van der Waals surface area contributed by atoms with Crippen LogP contribution in [0.3, 0.4) is 0 Å². The standard InChI is InChI=1S/C16H25N3O4S2/c1-25(21,22)18-6-2-13-3-9-23-16(10-13)4-7-19(8-5-16)15(20)14-11-24-12-17-14/h11-13,18H,2-10H2,1H3. The van der Waals surface area contributed by atoms with E-state index in [0.717, 1.165) is 32.1 Å². The van der Waals surface area contributed by atoms with Crippen molar-refractivity contribution >= 4 is 27.3 Å². The number of carbonyl (C=O) groups excluding carboxylic acids is 1. The van der Waals surface area contributed by atoms with Gasteiger partial charge in [-0.15, -0.1) is 11.3 Å². The molecule has 3 rings (SSSR count). The van der Waals surface area contributed by atoms with Crippen molar-refractivity contribution in [1.82, 2.24) is 14.6 Å². The van der Waals surface area contributed by atoms with Crippen LogP contribution in [0.2, 0.25) is 0 Å². The Bertz CT molecular complexity index is 682. The molecule has 2 saturated heterocycles. The highest BCUT2D eigenvalue weighted by molar-refractivity contribution is 7.88. The van der Waals surface area contributed by atoms with Gasteiger partial charge in [-0.1, -0.05) is 0 Å². The molecule has 0 aliphatic carbocycles. The van der Waals surface area contributed by atoms with Crippen molar-refractivity contribution in [3.63, 3.8) is 0 Å². The molecule has 25 heavy (non-hydrogen) atoms. The van der Waals surface area contributed by atoms with Crippen LogP contribution in [0.15, 0.2) is 10.9 Å². The van der Waals surface area contributed by atoms with Crippen LogP contribution in [0.4, 0.5) is 0 Å². The molecule has 1 amide bonds. The molecule has 0 saturated carbocycles. The number of piperidine rings is 1. The molecule has 0 bridgehead atoms. The number of hydrogen-bond acceptors (Lipinski definition) is 6. The molecule has 140 valence electrons. The lowest BCUT2D eigenvalue weighted by molar-refractivity contribution is -0.124. The molecule has 0 aromatic carbocycles. The van der Waals surface area contributed by atoms with Crippen molar-refractivity contribution < 1.29 is 17.9 Å². The first-order chi connectivity index (χ1) is 11.9. The van der Waals surface area contributed by atoms with Crippen molar-refractivity contribution in [3.8, 4) is 0 Å². The molecule has 2 fully saturated rings. The topological polar surface area (TPSA) is 88.6 Å². The SMILES string of the molecule is CS(=O)(=O)NCCC1CCOC2(CCN(C(=O)c3cscn3)CC2)C1. The van der Waals surface area contributed by atoms with Gasteiger partial charge in [-0.05, 0) is 38.0 Å². The van der Waals surface area contributed by atoms with Gasteiger partial charge < -0.3 is 9.64 Å². The zero-order chi connectivity index (χ0) is 17.9. The largest absolute Gasteiger partial charge is 0.375 e. The van der Waals surface area contributed by atoms with Gasteiger partial charge in [-0.25, -0.2) is 18.1 Å². The molecule has 1 aromatic rings. The van der Waals surface area contributed by atoms with Gasteiger partial charge in [0.25, 0.3) is 5.91 Å². The summed E-state index contributed by atoms with van der Waals surface area (Å²) in [6, 6.07) is 0. The van der Waals surface area contributed by atoms with E-state index in [4.69, 9.17) is 4.74 Å².